The van der Waals surface area contributed by atoms with Crippen molar-refractivity contribution in [2.75, 3.05) is 5.73 Å². The number of rotatable bonds is 4. The lowest BCUT2D eigenvalue weighted by atomic mass is 9.77. The van der Waals surface area contributed by atoms with E-state index in [1.54, 1.807) is 0 Å². The normalized spacial score (nSPS) is 22.7. The largest absolute Gasteiger partial charge is 0.399 e. The summed E-state index contributed by atoms with van der Waals surface area (Å²) in [5.74, 6) is 2.16. The molecule has 0 heterocycles. The summed E-state index contributed by atoms with van der Waals surface area (Å²) in [7, 11) is 0. The van der Waals surface area contributed by atoms with Gasteiger partial charge in [-0.05, 0) is 66.3 Å². The summed E-state index contributed by atoms with van der Waals surface area (Å²) < 4.78 is 0. The van der Waals surface area contributed by atoms with Crippen molar-refractivity contribution in [3.8, 4) is 0 Å². The second kappa shape index (κ2) is 7.21. The molecular formula is C22H29N. The van der Waals surface area contributed by atoms with Crippen molar-refractivity contribution in [3.63, 3.8) is 0 Å². The maximum atomic E-state index is 5.79. The fourth-order valence-corrected chi connectivity index (χ4v) is 3.94. The minimum atomic E-state index is 0.417. The SMILES string of the molecule is CCC1CCC(c2ccc(C(C)c3ccc(N)cc3)cc2)CC1. The van der Waals surface area contributed by atoms with Crippen molar-refractivity contribution in [1.29, 1.82) is 0 Å². The molecule has 2 N–H and O–H groups in total. The van der Waals surface area contributed by atoms with Crippen LogP contribution in [0.4, 0.5) is 5.69 Å². The molecule has 1 atom stereocenters. The van der Waals surface area contributed by atoms with Crippen molar-refractivity contribution in [3.05, 3.63) is 65.2 Å². The van der Waals surface area contributed by atoms with E-state index in [4.69, 9.17) is 5.73 Å². The molecule has 0 spiro atoms. The predicted molar refractivity (Wildman–Crippen MR) is 99.8 cm³/mol. The van der Waals surface area contributed by atoms with Crippen LogP contribution in [0.5, 0.6) is 0 Å². The molecule has 1 heteroatoms. The average Bonchev–Trinajstić information content (AvgIpc) is 2.62. The van der Waals surface area contributed by atoms with Gasteiger partial charge in [-0.15, -0.1) is 0 Å². The topological polar surface area (TPSA) is 26.0 Å². The zero-order valence-electron chi connectivity index (χ0n) is 14.5. The van der Waals surface area contributed by atoms with Crippen LogP contribution < -0.4 is 5.73 Å². The minimum Gasteiger partial charge on any atom is -0.399 e. The van der Waals surface area contributed by atoms with Crippen LogP contribution in [0.15, 0.2) is 48.5 Å². The molecule has 0 bridgehead atoms. The summed E-state index contributed by atoms with van der Waals surface area (Å²) in [6, 6.07) is 17.6. The fraction of sp³-hybridized carbons (Fsp3) is 0.455. The lowest BCUT2D eigenvalue weighted by Gasteiger charge is -2.28. The number of hydrogen-bond acceptors (Lipinski definition) is 1. The molecular weight excluding hydrogens is 278 g/mol. The number of hydrogen-bond donors (Lipinski definition) is 1. The van der Waals surface area contributed by atoms with Crippen molar-refractivity contribution >= 4 is 5.69 Å². The molecule has 0 aromatic heterocycles. The van der Waals surface area contributed by atoms with Crippen LogP contribution in [0, 0.1) is 5.92 Å². The highest BCUT2D eigenvalue weighted by Gasteiger charge is 2.21. The molecule has 2 aromatic carbocycles. The maximum absolute atomic E-state index is 5.79. The molecule has 0 amide bonds. The second-order valence-electron chi connectivity index (χ2n) is 7.18. The van der Waals surface area contributed by atoms with Crippen LogP contribution in [0.2, 0.25) is 0 Å². The molecule has 2 aromatic rings. The van der Waals surface area contributed by atoms with E-state index >= 15 is 0 Å². The number of anilines is 1. The Bertz CT molecular complexity index is 603. The number of nitrogens with two attached hydrogens (primary N) is 1. The molecule has 0 saturated heterocycles. The smallest absolute Gasteiger partial charge is 0.0314 e. The highest BCUT2D eigenvalue weighted by Crippen LogP contribution is 2.37. The van der Waals surface area contributed by atoms with E-state index in [1.807, 2.05) is 12.1 Å². The predicted octanol–water partition coefficient (Wildman–Crippen LogP) is 6.10. The molecule has 1 aliphatic carbocycles. The van der Waals surface area contributed by atoms with Crippen LogP contribution in [0.3, 0.4) is 0 Å². The van der Waals surface area contributed by atoms with E-state index in [1.165, 1.54) is 48.8 Å². The van der Waals surface area contributed by atoms with Crippen LogP contribution in [0.1, 0.15) is 74.5 Å². The summed E-state index contributed by atoms with van der Waals surface area (Å²) in [4.78, 5) is 0. The summed E-state index contributed by atoms with van der Waals surface area (Å²) in [5.41, 5.74) is 10.9. The van der Waals surface area contributed by atoms with Gasteiger partial charge < -0.3 is 5.73 Å². The lowest BCUT2D eigenvalue weighted by molar-refractivity contribution is 0.319. The van der Waals surface area contributed by atoms with Gasteiger partial charge >= 0.3 is 0 Å². The molecule has 3 rings (SSSR count). The monoisotopic (exact) mass is 307 g/mol. The van der Waals surface area contributed by atoms with Gasteiger partial charge in [0.1, 0.15) is 0 Å². The minimum absolute atomic E-state index is 0.417. The molecule has 1 unspecified atom stereocenters. The first-order valence-corrected chi connectivity index (χ1v) is 9.12. The quantitative estimate of drug-likeness (QED) is 0.678. The van der Waals surface area contributed by atoms with Gasteiger partial charge in [0.05, 0.1) is 0 Å². The Balaban J connectivity index is 1.68. The van der Waals surface area contributed by atoms with Gasteiger partial charge in [-0.1, -0.05) is 56.7 Å². The van der Waals surface area contributed by atoms with Crippen molar-refractivity contribution < 1.29 is 0 Å². The summed E-state index contributed by atoms with van der Waals surface area (Å²) in [6.45, 7) is 4.60. The third-order valence-corrected chi connectivity index (χ3v) is 5.77. The zero-order valence-corrected chi connectivity index (χ0v) is 14.5. The molecule has 1 nitrogen and oxygen atoms in total. The van der Waals surface area contributed by atoms with Crippen molar-refractivity contribution in [1.82, 2.24) is 0 Å². The fourth-order valence-electron chi connectivity index (χ4n) is 3.94. The maximum Gasteiger partial charge on any atom is 0.0314 e. The van der Waals surface area contributed by atoms with Gasteiger partial charge in [0.15, 0.2) is 0 Å². The first-order chi connectivity index (χ1) is 11.2. The van der Waals surface area contributed by atoms with E-state index in [0.717, 1.165) is 17.5 Å². The molecule has 1 saturated carbocycles. The summed E-state index contributed by atoms with van der Waals surface area (Å²) >= 11 is 0. The van der Waals surface area contributed by atoms with E-state index < -0.39 is 0 Å². The van der Waals surface area contributed by atoms with Gasteiger partial charge in [-0.2, -0.15) is 0 Å². The van der Waals surface area contributed by atoms with E-state index in [9.17, 15) is 0 Å². The zero-order chi connectivity index (χ0) is 16.2. The van der Waals surface area contributed by atoms with Crippen molar-refractivity contribution in [2.24, 2.45) is 5.92 Å². The Hall–Kier alpha value is -1.76. The van der Waals surface area contributed by atoms with E-state index in [0.29, 0.717) is 5.92 Å². The molecule has 1 fully saturated rings. The van der Waals surface area contributed by atoms with Gasteiger partial charge in [-0.25, -0.2) is 0 Å². The summed E-state index contributed by atoms with van der Waals surface area (Å²) in [5, 5.41) is 0. The lowest BCUT2D eigenvalue weighted by Crippen LogP contribution is -2.12. The van der Waals surface area contributed by atoms with Gasteiger partial charge in [0.25, 0.3) is 0 Å². The second-order valence-corrected chi connectivity index (χ2v) is 7.18. The molecule has 0 radical (unpaired) electrons. The highest BCUT2D eigenvalue weighted by molar-refractivity contribution is 5.42. The van der Waals surface area contributed by atoms with Gasteiger partial charge in [-0.3, -0.25) is 0 Å². The first-order valence-electron chi connectivity index (χ1n) is 9.12. The molecule has 1 aliphatic rings. The number of benzene rings is 2. The van der Waals surface area contributed by atoms with Crippen LogP contribution >= 0.6 is 0 Å². The Morgan fingerprint density at radius 3 is 1.91 bits per heavy atom. The van der Waals surface area contributed by atoms with Gasteiger partial charge in [0.2, 0.25) is 0 Å². The third-order valence-electron chi connectivity index (χ3n) is 5.77. The Kier molecular flexibility index (Phi) is 5.05. The highest BCUT2D eigenvalue weighted by atomic mass is 14.5. The van der Waals surface area contributed by atoms with Crippen LogP contribution in [-0.2, 0) is 0 Å². The first kappa shape index (κ1) is 16.1. The standard InChI is InChI=1S/C22H29N/c1-3-17-4-6-20(7-5-17)21-10-8-18(9-11-21)16(2)19-12-14-22(23)15-13-19/h8-17,20H,3-7,23H2,1-2H3. The summed E-state index contributed by atoms with van der Waals surface area (Å²) in [6.07, 6.45) is 6.90. The van der Waals surface area contributed by atoms with Crippen LogP contribution in [-0.4, -0.2) is 0 Å². The third kappa shape index (κ3) is 3.77. The van der Waals surface area contributed by atoms with E-state index in [2.05, 4.69) is 50.2 Å². The average molecular weight is 307 g/mol. The van der Waals surface area contributed by atoms with Crippen molar-refractivity contribution in [2.45, 2.75) is 57.8 Å². The molecule has 23 heavy (non-hydrogen) atoms. The van der Waals surface area contributed by atoms with Gasteiger partial charge in [0, 0.05) is 11.6 Å². The number of nitrogen functional groups attached to an aromatic ring is 1. The van der Waals surface area contributed by atoms with E-state index in [-0.39, 0.29) is 0 Å². The Labute approximate surface area is 140 Å². The molecule has 122 valence electrons. The Morgan fingerprint density at radius 2 is 1.39 bits per heavy atom. The van der Waals surface area contributed by atoms with Crippen LogP contribution in [0.25, 0.3) is 0 Å². The molecule has 0 aliphatic heterocycles. The Morgan fingerprint density at radius 1 is 0.870 bits per heavy atom.